The number of hydrogen-bond donors (Lipinski definition) is 2. The predicted octanol–water partition coefficient (Wildman–Crippen LogP) is 2.66. The lowest BCUT2D eigenvalue weighted by molar-refractivity contribution is -0.384. The van der Waals surface area contributed by atoms with E-state index in [1.165, 1.54) is 12.1 Å². The van der Waals surface area contributed by atoms with Crippen molar-refractivity contribution in [3.05, 3.63) is 33.3 Å². The Kier molecular flexibility index (Phi) is 5.72. The fourth-order valence-corrected chi connectivity index (χ4v) is 1.57. The van der Waals surface area contributed by atoms with Gasteiger partial charge < -0.3 is 10.6 Å². The average molecular weight is 258 g/mol. The van der Waals surface area contributed by atoms with E-state index in [-0.39, 0.29) is 5.69 Å². The molecule has 5 nitrogen and oxygen atoms in total. The van der Waals surface area contributed by atoms with Gasteiger partial charge in [-0.1, -0.05) is 18.5 Å². The molecule has 94 valence electrons. The summed E-state index contributed by atoms with van der Waals surface area (Å²) in [5.41, 5.74) is 0.505. The third-order valence-electron chi connectivity index (χ3n) is 2.20. The van der Waals surface area contributed by atoms with Crippen LogP contribution in [0, 0.1) is 10.1 Å². The Morgan fingerprint density at radius 3 is 2.76 bits per heavy atom. The van der Waals surface area contributed by atoms with E-state index < -0.39 is 4.92 Å². The summed E-state index contributed by atoms with van der Waals surface area (Å²) in [6, 6.07) is 4.49. The molecule has 2 N–H and O–H groups in total. The predicted molar refractivity (Wildman–Crippen MR) is 69.8 cm³/mol. The summed E-state index contributed by atoms with van der Waals surface area (Å²) in [6.07, 6.45) is 1.07. The first kappa shape index (κ1) is 13.7. The first-order valence-electron chi connectivity index (χ1n) is 5.53. The van der Waals surface area contributed by atoms with Crippen LogP contribution >= 0.6 is 11.6 Å². The van der Waals surface area contributed by atoms with E-state index in [9.17, 15) is 10.1 Å². The molecule has 0 saturated carbocycles. The van der Waals surface area contributed by atoms with Crippen LogP contribution in [0.15, 0.2) is 18.2 Å². The van der Waals surface area contributed by atoms with E-state index in [1.54, 1.807) is 6.07 Å². The third-order valence-corrected chi connectivity index (χ3v) is 2.43. The van der Waals surface area contributed by atoms with E-state index in [0.29, 0.717) is 17.3 Å². The van der Waals surface area contributed by atoms with Crippen LogP contribution in [0.3, 0.4) is 0 Å². The largest absolute Gasteiger partial charge is 0.378 e. The number of halogens is 1. The quantitative estimate of drug-likeness (QED) is 0.448. The molecular formula is C11H16ClN3O2. The topological polar surface area (TPSA) is 67.2 Å². The molecule has 0 aliphatic rings. The van der Waals surface area contributed by atoms with E-state index >= 15 is 0 Å². The second kappa shape index (κ2) is 7.09. The molecule has 0 aliphatic heterocycles. The first-order valence-corrected chi connectivity index (χ1v) is 5.91. The second-order valence-corrected chi connectivity index (χ2v) is 4.03. The van der Waals surface area contributed by atoms with Gasteiger partial charge in [-0.15, -0.1) is 0 Å². The van der Waals surface area contributed by atoms with Crippen molar-refractivity contribution in [2.75, 3.05) is 25.0 Å². The van der Waals surface area contributed by atoms with Crippen LogP contribution in [-0.4, -0.2) is 24.6 Å². The highest BCUT2D eigenvalue weighted by atomic mass is 35.5. The number of anilines is 1. The van der Waals surface area contributed by atoms with Crippen molar-refractivity contribution in [1.82, 2.24) is 5.32 Å². The standard InChI is InChI=1S/C11H16ClN3O2/c1-2-5-13-6-7-14-10-8-9(12)3-4-11(10)15(16)17/h3-4,8,13-14H,2,5-7H2,1H3. The SMILES string of the molecule is CCCNCCNc1cc(Cl)ccc1[N+](=O)[O-]. The Morgan fingerprint density at radius 2 is 2.12 bits per heavy atom. The minimum Gasteiger partial charge on any atom is -0.378 e. The van der Waals surface area contributed by atoms with Gasteiger partial charge in [0.05, 0.1) is 4.92 Å². The molecule has 1 rings (SSSR count). The molecule has 0 radical (unpaired) electrons. The zero-order valence-corrected chi connectivity index (χ0v) is 10.5. The van der Waals surface area contributed by atoms with Crippen LogP contribution in [0.5, 0.6) is 0 Å². The molecule has 0 heterocycles. The van der Waals surface area contributed by atoms with Gasteiger partial charge in [0.1, 0.15) is 5.69 Å². The number of hydrogen-bond acceptors (Lipinski definition) is 4. The lowest BCUT2D eigenvalue weighted by atomic mass is 10.2. The van der Waals surface area contributed by atoms with Crippen molar-refractivity contribution in [3.63, 3.8) is 0 Å². The summed E-state index contributed by atoms with van der Waals surface area (Å²) in [4.78, 5) is 10.4. The highest BCUT2D eigenvalue weighted by Gasteiger charge is 2.12. The number of nitrogens with one attached hydrogen (secondary N) is 2. The molecule has 1 aromatic rings. The van der Waals surface area contributed by atoms with E-state index in [1.807, 2.05) is 0 Å². The number of nitrogens with zero attached hydrogens (tertiary/aromatic N) is 1. The smallest absolute Gasteiger partial charge is 0.292 e. The summed E-state index contributed by atoms with van der Waals surface area (Å²) in [7, 11) is 0. The van der Waals surface area contributed by atoms with E-state index in [2.05, 4.69) is 17.6 Å². The lowest BCUT2D eigenvalue weighted by Crippen LogP contribution is -2.22. The number of benzene rings is 1. The zero-order chi connectivity index (χ0) is 12.7. The van der Waals surface area contributed by atoms with Crippen molar-refractivity contribution in [1.29, 1.82) is 0 Å². The summed E-state index contributed by atoms with van der Waals surface area (Å²) in [5.74, 6) is 0. The summed E-state index contributed by atoms with van der Waals surface area (Å²) < 4.78 is 0. The molecular weight excluding hydrogens is 242 g/mol. The van der Waals surface area contributed by atoms with Crippen LogP contribution < -0.4 is 10.6 Å². The number of rotatable bonds is 7. The molecule has 17 heavy (non-hydrogen) atoms. The summed E-state index contributed by atoms with van der Waals surface area (Å²) in [5, 5.41) is 17.5. The average Bonchev–Trinajstić information content (AvgIpc) is 2.28. The van der Waals surface area contributed by atoms with Crippen LogP contribution in [0.25, 0.3) is 0 Å². The lowest BCUT2D eigenvalue weighted by Gasteiger charge is -2.08. The Balaban J connectivity index is 2.56. The number of nitro groups is 1. The Labute approximate surface area is 105 Å². The van der Waals surface area contributed by atoms with Gasteiger partial charge in [-0.3, -0.25) is 10.1 Å². The van der Waals surface area contributed by atoms with Crippen LogP contribution in [0.2, 0.25) is 5.02 Å². The molecule has 0 bridgehead atoms. The van der Waals surface area contributed by atoms with Crippen molar-refractivity contribution >= 4 is 23.0 Å². The molecule has 0 amide bonds. The molecule has 6 heteroatoms. The molecule has 0 aliphatic carbocycles. The number of nitro benzene ring substituents is 1. The molecule has 0 spiro atoms. The molecule has 1 aromatic carbocycles. The van der Waals surface area contributed by atoms with Gasteiger partial charge >= 0.3 is 0 Å². The van der Waals surface area contributed by atoms with Crippen LogP contribution in [0.4, 0.5) is 11.4 Å². The van der Waals surface area contributed by atoms with Gasteiger partial charge in [0.2, 0.25) is 0 Å². The van der Waals surface area contributed by atoms with Crippen molar-refractivity contribution in [2.45, 2.75) is 13.3 Å². The second-order valence-electron chi connectivity index (χ2n) is 3.60. The zero-order valence-electron chi connectivity index (χ0n) is 9.70. The maximum atomic E-state index is 10.8. The molecule has 0 unspecified atom stereocenters. The van der Waals surface area contributed by atoms with Gasteiger partial charge in [0.15, 0.2) is 0 Å². The van der Waals surface area contributed by atoms with Crippen molar-refractivity contribution in [3.8, 4) is 0 Å². The van der Waals surface area contributed by atoms with Crippen LogP contribution in [0.1, 0.15) is 13.3 Å². The minimum absolute atomic E-state index is 0.0462. The summed E-state index contributed by atoms with van der Waals surface area (Å²) in [6.45, 7) is 4.42. The Bertz CT molecular complexity index is 385. The Hall–Kier alpha value is -1.33. The van der Waals surface area contributed by atoms with E-state index in [0.717, 1.165) is 19.5 Å². The Morgan fingerprint density at radius 1 is 1.35 bits per heavy atom. The summed E-state index contributed by atoms with van der Waals surface area (Å²) >= 11 is 5.81. The van der Waals surface area contributed by atoms with Gasteiger partial charge in [0, 0.05) is 24.2 Å². The maximum absolute atomic E-state index is 10.8. The fourth-order valence-electron chi connectivity index (χ4n) is 1.40. The van der Waals surface area contributed by atoms with Gasteiger partial charge in [-0.2, -0.15) is 0 Å². The molecule has 0 aromatic heterocycles. The monoisotopic (exact) mass is 257 g/mol. The highest BCUT2D eigenvalue weighted by molar-refractivity contribution is 6.31. The normalized spacial score (nSPS) is 10.2. The van der Waals surface area contributed by atoms with Crippen molar-refractivity contribution in [2.24, 2.45) is 0 Å². The fraction of sp³-hybridized carbons (Fsp3) is 0.455. The van der Waals surface area contributed by atoms with Crippen molar-refractivity contribution < 1.29 is 4.92 Å². The van der Waals surface area contributed by atoms with Gasteiger partial charge in [-0.25, -0.2) is 0 Å². The first-order chi connectivity index (χ1) is 8.15. The minimum atomic E-state index is -0.419. The maximum Gasteiger partial charge on any atom is 0.292 e. The van der Waals surface area contributed by atoms with Crippen LogP contribution in [-0.2, 0) is 0 Å². The highest BCUT2D eigenvalue weighted by Crippen LogP contribution is 2.27. The molecule has 0 atom stereocenters. The molecule has 0 fully saturated rings. The molecule has 0 saturated heterocycles. The van der Waals surface area contributed by atoms with Gasteiger partial charge in [0.25, 0.3) is 5.69 Å². The van der Waals surface area contributed by atoms with Gasteiger partial charge in [-0.05, 0) is 25.1 Å². The third kappa shape index (κ3) is 4.58. The van der Waals surface area contributed by atoms with E-state index in [4.69, 9.17) is 11.6 Å².